The third-order valence-corrected chi connectivity index (χ3v) is 4.02. The topological polar surface area (TPSA) is 165 Å². The number of nitrogens with zero attached hydrogens (tertiary/aromatic N) is 4. The second-order valence-corrected chi connectivity index (χ2v) is 6.00. The number of azide groups is 1. The van der Waals surface area contributed by atoms with Gasteiger partial charge in [-0.15, -0.1) is 0 Å². The zero-order valence-corrected chi connectivity index (χ0v) is 14.9. The minimum absolute atomic E-state index is 0.117. The first-order chi connectivity index (χ1) is 12.7. The van der Waals surface area contributed by atoms with Gasteiger partial charge in [0.1, 0.15) is 12.7 Å². The van der Waals surface area contributed by atoms with Crippen LogP contribution in [0.25, 0.3) is 10.4 Å². The Hall–Kier alpha value is -3.11. The van der Waals surface area contributed by atoms with Gasteiger partial charge in [-0.1, -0.05) is 5.11 Å². The van der Waals surface area contributed by atoms with E-state index in [9.17, 15) is 19.2 Å². The fraction of sp³-hybridized carbons (Fsp3) is 0.600. The highest BCUT2D eigenvalue weighted by molar-refractivity contribution is 5.66. The molecule has 1 aliphatic heterocycles. The van der Waals surface area contributed by atoms with Gasteiger partial charge >= 0.3 is 17.6 Å². The van der Waals surface area contributed by atoms with Gasteiger partial charge in [0.05, 0.1) is 0 Å². The normalized spacial score (nSPS) is 24.1. The van der Waals surface area contributed by atoms with Crippen LogP contribution in [-0.4, -0.2) is 46.8 Å². The lowest BCUT2D eigenvalue weighted by Gasteiger charge is -2.23. The summed E-state index contributed by atoms with van der Waals surface area (Å²) in [4.78, 5) is 51.4. The number of aryl methyl sites for hydroxylation is 1. The van der Waals surface area contributed by atoms with E-state index in [1.807, 2.05) is 0 Å². The molecule has 0 amide bonds. The van der Waals surface area contributed by atoms with Crippen molar-refractivity contribution in [3.05, 3.63) is 43.0 Å². The monoisotopic (exact) mass is 381 g/mol. The van der Waals surface area contributed by atoms with Gasteiger partial charge < -0.3 is 14.2 Å². The summed E-state index contributed by atoms with van der Waals surface area (Å²) in [5.74, 6) is -1.86. The highest BCUT2D eigenvalue weighted by Gasteiger charge is 2.48. The van der Waals surface area contributed by atoms with Crippen LogP contribution in [-0.2, 0) is 23.8 Å². The second-order valence-electron chi connectivity index (χ2n) is 6.00. The zero-order chi connectivity index (χ0) is 20.1. The summed E-state index contributed by atoms with van der Waals surface area (Å²) in [5, 5.41) is 3.49. The number of esters is 2. The lowest BCUT2D eigenvalue weighted by Crippen LogP contribution is -2.39. The fourth-order valence-corrected chi connectivity index (χ4v) is 2.83. The van der Waals surface area contributed by atoms with E-state index in [1.165, 1.54) is 27.0 Å². The number of carbonyl (C=O) groups excluding carboxylic acids is 2. The molecule has 12 heteroatoms. The third-order valence-electron chi connectivity index (χ3n) is 4.02. The maximum absolute atomic E-state index is 12.2. The summed E-state index contributed by atoms with van der Waals surface area (Å²) in [6.45, 7) is 3.59. The number of ether oxygens (including phenoxy) is 3. The Morgan fingerprint density at radius 1 is 1.37 bits per heavy atom. The predicted octanol–water partition coefficient (Wildman–Crippen LogP) is 0.164. The molecule has 1 saturated heterocycles. The smallest absolute Gasteiger partial charge is 0.330 e. The quantitative estimate of drug-likeness (QED) is 0.317. The van der Waals surface area contributed by atoms with Crippen molar-refractivity contribution in [1.82, 2.24) is 9.55 Å². The first kappa shape index (κ1) is 20.2. The average Bonchev–Trinajstić information content (AvgIpc) is 2.91. The van der Waals surface area contributed by atoms with E-state index in [4.69, 9.17) is 19.7 Å². The Morgan fingerprint density at radius 3 is 2.67 bits per heavy atom. The molecule has 2 rings (SSSR count). The van der Waals surface area contributed by atoms with Crippen LogP contribution < -0.4 is 11.2 Å². The van der Waals surface area contributed by atoms with Crippen molar-refractivity contribution in [1.29, 1.82) is 0 Å². The molecule has 1 aromatic heterocycles. The molecular weight excluding hydrogens is 362 g/mol. The molecule has 0 saturated carbocycles. The molecule has 146 valence electrons. The van der Waals surface area contributed by atoms with Crippen LogP contribution in [0.2, 0.25) is 0 Å². The van der Waals surface area contributed by atoms with E-state index in [1.54, 1.807) is 0 Å². The summed E-state index contributed by atoms with van der Waals surface area (Å²) >= 11 is 0. The molecule has 0 unspecified atom stereocenters. The summed E-state index contributed by atoms with van der Waals surface area (Å²) in [5.41, 5.74) is 7.55. The van der Waals surface area contributed by atoms with Crippen molar-refractivity contribution in [2.24, 2.45) is 11.0 Å². The number of rotatable bonds is 6. The summed E-state index contributed by atoms with van der Waals surface area (Å²) < 4.78 is 17.2. The lowest BCUT2D eigenvalue weighted by atomic mass is 9.98. The number of carbonyl (C=O) groups is 2. The first-order valence-electron chi connectivity index (χ1n) is 8.03. The predicted molar refractivity (Wildman–Crippen MR) is 89.7 cm³/mol. The highest BCUT2D eigenvalue weighted by Crippen LogP contribution is 2.36. The Morgan fingerprint density at radius 2 is 2.07 bits per heavy atom. The Kier molecular flexibility index (Phi) is 6.37. The van der Waals surface area contributed by atoms with Gasteiger partial charge in [0.25, 0.3) is 5.56 Å². The van der Waals surface area contributed by atoms with Gasteiger partial charge in [-0.05, 0) is 12.5 Å². The molecule has 12 nitrogen and oxygen atoms in total. The van der Waals surface area contributed by atoms with Crippen LogP contribution >= 0.6 is 0 Å². The van der Waals surface area contributed by atoms with Gasteiger partial charge in [-0.25, -0.2) is 4.79 Å². The van der Waals surface area contributed by atoms with Gasteiger partial charge in [0.2, 0.25) is 0 Å². The largest absolute Gasteiger partial charge is 0.463 e. The molecule has 1 aliphatic rings. The van der Waals surface area contributed by atoms with Crippen LogP contribution in [0.15, 0.2) is 20.9 Å². The number of aromatic amines is 1. The van der Waals surface area contributed by atoms with Crippen LogP contribution in [0.4, 0.5) is 0 Å². The number of hydrogen-bond donors (Lipinski definition) is 1. The van der Waals surface area contributed by atoms with Crippen LogP contribution in [0.3, 0.4) is 0 Å². The van der Waals surface area contributed by atoms with Crippen molar-refractivity contribution in [3.8, 4) is 0 Å². The van der Waals surface area contributed by atoms with E-state index >= 15 is 0 Å². The molecule has 0 aromatic carbocycles. The fourth-order valence-electron chi connectivity index (χ4n) is 2.83. The van der Waals surface area contributed by atoms with E-state index in [0.717, 1.165) is 4.57 Å². The van der Waals surface area contributed by atoms with Crippen molar-refractivity contribution < 1.29 is 23.8 Å². The maximum atomic E-state index is 12.2. The molecule has 0 aliphatic carbocycles. The molecule has 1 aromatic rings. The molecule has 27 heavy (non-hydrogen) atoms. The molecule has 0 spiro atoms. The number of aromatic nitrogens is 2. The van der Waals surface area contributed by atoms with Gasteiger partial charge in [-0.2, -0.15) is 0 Å². The molecule has 0 bridgehead atoms. The zero-order valence-electron chi connectivity index (χ0n) is 14.9. The standard InChI is InChI=1S/C15H19N5O7/c1-7-5-20(15(24)18-13(7)23)14-12(26-9(3)22)10(4-17-19-16)11(27-14)6-25-8(2)21/h5,10-12,14H,4,6H2,1-3H3,(H,18,23,24)/t10-,11-,12-,14+/m1/s1. The average molecular weight is 381 g/mol. The van der Waals surface area contributed by atoms with Crippen LogP contribution in [0, 0.1) is 12.8 Å². The molecule has 4 atom stereocenters. The van der Waals surface area contributed by atoms with E-state index in [0.29, 0.717) is 0 Å². The van der Waals surface area contributed by atoms with E-state index in [2.05, 4.69) is 15.0 Å². The highest BCUT2D eigenvalue weighted by atomic mass is 16.6. The number of nitrogens with one attached hydrogen (secondary N) is 1. The number of H-pyrrole nitrogens is 1. The van der Waals surface area contributed by atoms with Crippen LogP contribution in [0.1, 0.15) is 25.6 Å². The molecule has 1 fully saturated rings. The molecule has 0 radical (unpaired) electrons. The van der Waals surface area contributed by atoms with Gasteiger partial charge in [0.15, 0.2) is 12.3 Å². The Bertz CT molecular complexity index is 885. The second kappa shape index (κ2) is 8.52. The van der Waals surface area contributed by atoms with E-state index < -0.39 is 47.5 Å². The van der Waals surface area contributed by atoms with Crippen molar-refractivity contribution >= 4 is 11.9 Å². The maximum Gasteiger partial charge on any atom is 0.330 e. The van der Waals surface area contributed by atoms with Crippen molar-refractivity contribution in [3.63, 3.8) is 0 Å². The Balaban J connectivity index is 2.46. The lowest BCUT2D eigenvalue weighted by molar-refractivity contribution is -0.154. The van der Waals surface area contributed by atoms with E-state index in [-0.39, 0.29) is 18.7 Å². The number of hydrogen-bond acceptors (Lipinski definition) is 8. The minimum Gasteiger partial charge on any atom is -0.463 e. The third kappa shape index (κ3) is 4.74. The summed E-state index contributed by atoms with van der Waals surface area (Å²) in [6.07, 6.45) is -1.62. The molecule has 2 heterocycles. The van der Waals surface area contributed by atoms with Crippen LogP contribution in [0.5, 0.6) is 0 Å². The summed E-state index contributed by atoms with van der Waals surface area (Å²) in [6, 6.07) is 0. The SMILES string of the molecule is CC(=O)OC[C@H]1O[C@H](n2cc(C)c(=O)[nH]c2=O)[C@H](OC(C)=O)[C@@H]1CN=[N+]=[N-]. The minimum atomic E-state index is -1.10. The summed E-state index contributed by atoms with van der Waals surface area (Å²) in [7, 11) is 0. The first-order valence-corrected chi connectivity index (χ1v) is 8.03. The molecular formula is C15H19N5O7. The van der Waals surface area contributed by atoms with Crippen molar-refractivity contribution in [2.75, 3.05) is 13.2 Å². The van der Waals surface area contributed by atoms with Gasteiger partial charge in [-0.3, -0.25) is 23.9 Å². The van der Waals surface area contributed by atoms with Gasteiger partial charge in [0, 0.05) is 43.0 Å². The Labute approximate surface area is 152 Å². The molecule has 1 N–H and O–H groups in total. The van der Waals surface area contributed by atoms with Crippen molar-refractivity contribution in [2.45, 2.75) is 39.2 Å².